The van der Waals surface area contributed by atoms with Crippen LogP contribution in [0, 0.1) is 0 Å². The molecule has 5 nitrogen and oxygen atoms in total. The van der Waals surface area contributed by atoms with Crippen LogP contribution in [0.3, 0.4) is 0 Å². The molecule has 0 saturated carbocycles. The maximum atomic E-state index is 11.6. The number of carboxylic acid groups (broad SMARTS) is 1. The first-order valence-corrected chi connectivity index (χ1v) is 4.86. The van der Waals surface area contributed by atoms with E-state index in [4.69, 9.17) is 5.11 Å². The number of hydrogen-bond acceptors (Lipinski definition) is 3. The molecule has 0 fully saturated rings. The van der Waals surface area contributed by atoms with Gasteiger partial charge in [0.1, 0.15) is 6.61 Å². The molecule has 0 aliphatic heterocycles. The Morgan fingerprint density at radius 1 is 1.41 bits per heavy atom. The summed E-state index contributed by atoms with van der Waals surface area (Å²) >= 11 is 0. The van der Waals surface area contributed by atoms with E-state index in [1.54, 1.807) is 0 Å². The summed E-state index contributed by atoms with van der Waals surface area (Å²) in [5.41, 5.74) is 0. The molecule has 0 heterocycles. The average molecular weight is 257 g/mol. The molecule has 100 valence electrons. The molecule has 0 saturated heterocycles. The number of carbonyl (C=O) groups is 2. The summed E-state index contributed by atoms with van der Waals surface area (Å²) in [7, 11) is 0. The van der Waals surface area contributed by atoms with Crippen LogP contribution in [-0.2, 0) is 14.3 Å². The van der Waals surface area contributed by atoms with E-state index in [0.717, 1.165) is 0 Å². The van der Waals surface area contributed by atoms with Gasteiger partial charge in [-0.1, -0.05) is 0 Å². The summed E-state index contributed by atoms with van der Waals surface area (Å²) < 4.78 is 39.2. The third kappa shape index (κ3) is 11.0. The minimum Gasteiger partial charge on any atom is -0.481 e. The fraction of sp³-hybridized carbons (Fsp3) is 0.778. The Hall–Kier alpha value is -1.31. The summed E-state index contributed by atoms with van der Waals surface area (Å²) in [4.78, 5) is 21.4. The van der Waals surface area contributed by atoms with Crippen LogP contribution in [0.25, 0.3) is 0 Å². The lowest BCUT2D eigenvalue weighted by Gasteiger charge is -2.12. The average Bonchev–Trinajstić information content (AvgIpc) is 2.09. The first kappa shape index (κ1) is 15.7. The molecule has 2 N–H and O–H groups in total. The summed E-state index contributed by atoms with van der Waals surface area (Å²) in [5, 5.41) is 10.7. The molecule has 0 aliphatic carbocycles. The van der Waals surface area contributed by atoms with Crippen LogP contribution in [0.15, 0.2) is 0 Å². The second-order valence-electron chi connectivity index (χ2n) is 3.48. The van der Waals surface area contributed by atoms with Crippen LogP contribution in [0.5, 0.6) is 0 Å². The summed E-state index contributed by atoms with van der Waals surface area (Å²) in [5.74, 6) is -1.60. The van der Waals surface area contributed by atoms with Gasteiger partial charge in [-0.2, -0.15) is 13.2 Å². The zero-order valence-corrected chi connectivity index (χ0v) is 9.21. The Morgan fingerprint density at radius 3 is 2.47 bits per heavy atom. The number of hydrogen-bond donors (Lipinski definition) is 2. The number of halogens is 3. The number of carbonyl (C=O) groups excluding carboxylic acids is 1. The topological polar surface area (TPSA) is 75.6 Å². The minimum atomic E-state index is -4.41. The molecule has 1 atom stereocenters. The lowest BCUT2D eigenvalue weighted by Crippen LogP contribution is -2.34. The molecule has 0 aromatic rings. The van der Waals surface area contributed by atoms with Crippen molar-refractivity contribution in [3.05, 3.63) is 0 Å². The highest BCUT2D eigenvalue weighted by Crippen LogP contribution is 2.14. The zero-order valence-electron chi connectivity index (χ0n) is 9.21. The molecule has 8 heteroatoms. The summed E-state index contributed by atoms with van der Waals surface area (Å²) in [6.45, 7) is -0.265. The van der Waals surface area contributed by atoms with Gasteiger partial charge in [-0.3, -0.25) is 9.59 Å². The minimum absolute atomic E-state index is 0.236. The van der Waals surface area contributed by atoms with Gasteiger partial charge in [-0.15, -0.1) is 0 Å². The Labute approximate surface area is 95.9 Å². The van der Waals surface area contributed by atoms with Gasteiger partial charge >= 0.3 is 12.1 Å². The van der Waals surface area contributed by atoms with Gasteiger partial charge in [0.05, 0.1) is 13.0 Å². The third-order valence-corrected chi connectivity index (χ3v) is 1.63. The fourth-order valence-electron chi connectivity index (χ4n) is 1.01. The quantitative estimate of drug-likeness (QED) is 0.665. The molecular formula is C9H14F3NO4. The fourth-order valence-corrected chi connectivity index (χ4v) is 1.01. The Kier molecular flexibility index (Phi) is 6.55. The maximum Gasteiger partial charge on any atom is 0.411 e. The van der Waals surface area contributed by atoms with Crippen molar-refractivity contribution in [1.82, 2.24) is 5.32 Å². The van der Waals surface area contributed by atoms with Crippen LogP contribution in [-0.4, -0.2) is 42.4 Å². The molecule has 0 radical (unpaired) electrons. The number of alkyl halides is 3. The molecule has 0 aromatic heterocycles. The number of amides is 1. The SMILES string of the molecule is CC(CC(=O)O)NC(=O)CCOCC(F)(F)F. The molecular weight excluding hydrogens is 243 g/mol. The number of aliphatic carboxylic acids is 1. The lowest BCUT2D eigenvalue weighted by molar-refractivity contribution is -0.174. The van der Waals surface area contributed by atoms with Crippen molar-refractivity contribution in [1.29, 1.82) is 0 Å². The Balaban J connectivity index is 3.63. The van der Waals surface area contributed by atoms with E-state index in [2.05, 4.69) is 10.1 Å². The smallest absolute Gasteiger partial charge is 0.411 e. The lowest BCUT2D eigenvalue weighted by atomic mass is 10.2. The Bertz CT molecular complexity index is 267. The van der Waals surface area contributed by atoms with Gasteiger partial charge in [0.2, 0.25) is 5.91 Å². The van der Waals surface area contributed by atoms with E-state index in [9.17, 15) is 22.8 Å². The van der Waals surface area contributed by atoms with Gasteiger partial charge in [0.15, 0.2) is 0 Å². The van der Waals surface area contributed by atoms with Crippen molar-refractivity contribution >= 4 is 11.9 Å². The first-order chi connectivity index (χ1) is 7.70. The van der Waals surface area contributed by atoms with Crippen molar-refractivity contribution in [2.24, 2.45) is 0 Å². The second-order valence-corrected chi connectivity index (χ2v) is 3.48. The molecule has 17 heavy (non-hydrogen) atoms. The maximum absolute atomic E-state index is 11.6. The van der Waals surface area contributed by atoms with Crippen LogP contribution in [0.4, 0.5) is 13.2 Å². The first-order valence-electron chi connectivity index (χ1n) is 4.86. The largest absolute Gasteiger partial charge is 0.481 e. The van der Waals surface area contributed by atoms with E-state index in [1.165, 1.54) is 6.92 Å². The molecule has 0 aliphatic rings. The number of nitrogens with one attached hydrogen (secondary N) is 1. The molecule has 1 unspecified atom stereocenters. The monoisotopic (exact) mass is 257 g/mol. The van der Waals surface area contributed by atoms with E-state index in [1.807, 2.05) is 0 Å². The van der Waals surface area contributed by atoms with Crippen molar-refractivity contribution in [2.75, 3.05) is 13.2 Å². The van der Waals surface area contributed by atoms with Gasteiger partial charge in [-0.25, -0.2) is 0 Å². The van der Waals surface area contributed by atoms with E-state index in [-0.39, 0.29) is 19.4 Å². The summed E-state index contributed by atoms with van der Waals surface area (Å²) in [6.07, 6.45) is -4.89. The van der Waals surface area contributed by atoms with E-state index < -0.39 is 30.7 Å². The molecule has 0 spiro atoms. The van der Waals surface area contributed by atoms with E-state index in [0.29, 0.717) is 0 Å². The van der Waals surface area contributed by atoms with Crippen molar-refractivity contribution in [2.45, 2.75) is 32.0 Å². The van der Waals surface area contributed by atoms with Crippen molar-refractivity contribution in [3.8, 4) is 0 Å². The normalized spacial score (nSPS) is 13.2. The highest BCUT2D eigenvalue weighted by Gasteiger charge is 2.27. The number of ether oxygens (including phenoxy) is 1. The van der Waals surface area contributed by atoms with Crippen LogP contribution in [0.2, 0.25) is 0 Å². The van der Waals surface area contributed by atoms with Gasteiger partial charge < -0.3 is 15.2 Å². The van der Waals surface area contributed by atoms with E-state index >= 15 is 0 Å². The predicted octanol–water partition coefficient (Wildman–Crippen LogP) is 0.935. The molecule has 1 amide bonds. The molecule has 0 aromatic carbocycles. The molecule has 0 rings (SSSR count). The second kappa shape index (κ2) is 7.10. The molecule has 0 bridgehead atoms. The van der Waals surface area contributed by atoms with Crippen LogP contribution in [0.1, 0.15) is 19.8 Å². The third-order valence-electron chi connectivity index (χ3n) is 1.63. The van der Waals surface area contributed by atoms with Gasteiger partial charge in [0, 0.05) is 12.5 Å². The number of rotatable bonds is 7. The standard InChI is InChI=1S/C9H14F3NO4/c1-6(4-8(15)16)13-7(14)2-3-17-5-9(10,11)12/h6H,2-5H2,1H3,(H,13,14)(H,15,16). The van der Waals surface area contributed by atoms with Crippen LogP contribution >= 0.6 is 0 Å². The van der Waals surface area contributed by atoms with Gasteiger partial charge in [-0.05, 0) is 6.92 Å². The highest BCUT2D eigenvalue weighted by molar-refractivity contribution is 5.77. The van der Waals surface area contributed by atoms with Gasteiger partial charge in [0.25, 0.3) is 0 Å². The van der Waals surface area contributed by atoms with Crippen LogP contribution < -0.4 is 5.32 Å². The highest BCUT2D eigenvalue weighted by atomic mass is 19.4. The predicted molar refractivity (Wildman–Crippen MR) is 51.3 cm³/mol. The Morgan fingerprint density at radius 2 is 2.00 bits per heavy atom. The summed E-state index contributed by atoms with van der Waals surface area (Å²) in [6, 6.07) is -0.567. The number of carboxylic acids is 1. The zero-order chi connectivity index (χ0) is 13.5. The van der Waals surface area contributed by atoms with Crippen molar-refractivity contribution in [3.63, 3.8) is 0 Å². The van der Waals surface area contributed by atoms with Crippen molar-refractivity contribution < 1.29 is 32.6 Å².